The van der Waals surface area contributed by atoms with E-state index in [2.05, 4.69) is 10.3 Å². The quantitative estimate of drug-likeness (QED) is 0.811. The Kier molecular flexibility index (Phi) is 3.72. The van der Waals surface area contributed by atoms with Gasteiger partial charge in [-0.3, -0.25) is 16.0 Å². The fourth-order valence-corrected chi connectivity index (χ4v) is 4.26. The first-order valence-corrected chi connectivity index (χ1v) is 8.84. The maximum atomic E-state index is 13.6. The summed E-state index contributed by atoms with van der Waals surface area (Å²) in [5.41, 5.74) is 7.91. The molecule has 2 unspecified atom stereocenters. The number of nitrogens with zero attached hydrogens (tertiary/aromatic N) is 1. The van der Waals surface area contributed by atoms with Crippen molar-refractivity contribution in [3.05, 3.63) is 48.0 Å². The zero-order valence-corrected chi connectivity index (χ0v) is 14.2. The summed E-state index contributed by atoms with van der Waals surface area (Å²) >= 11 is 0. The summed E-state index contributed by atoms with van der Waals surface area (Å²) < 4.78 is 31.6. The van der Waals surface area contributed by atoms with E-state index in [9.17, 15) is 4.39 Å². The number of hydrogen-bond acceptors (Lipinski definition) is 6. The molecule has 0 radical (unpaired) electrons. The summed E-state index contributed by atoms with van der Waals surface area (Å²) in [5.74, 6) is 0.418. The molecule has 0 aliphatic carbocycles. The number of nitrogens with one attached hydrogen (secondary N) is 1. The summed E-state index contributed by atoms with van der Waals surface area (Å²) in [6.45, 7) is 1.09. The highest BCUT2D eigenvalue weighted by atomic mass is 19.1. The molecule has 2 saturated heterocycles. The first-order valence-electron chi connectivity index (χ1n) is 8.84. The minimum absolute atomic E-state index is 0.0423. The van der Waals surface area contributed by atoms with Gasteiger partial charge in [0.15, 0.2) is 6.35 Å². The summed E-state index contributed by atoms with van der Waals surface area (Å²) in [7, 11) is 0. The number of pyridine rings is 1. The zero-order valence-electron chi connectivity index (χ0n) is 14.2. The van der Waals surface area contributed by atoms with Gasteiger partial charge < -0.3 is 14.2 Å². The standard InChI is InChI=1S/C19H20FN3O3/c20-13-6-12(8-22-9-13)11-3-4-15-14(7-11)19(10-25-18(21)23-19)17-16(26-15)2-1-5-24-17/h3-4,6-9,16-18,23H,1-2,5,10,21H2/t16-,17-,18?,19?/m0/s1. The second-order valence-electron chi connectivity index (χ2n) is 7.04. The third kappa shape index (κ3) is 2.43. The third-order valence-corrected chi connectivity index (χ3v) is 5.42. The molecule has 3 aliphatic heterocycles. The minimum atomic E-state index is -0.575. The van der Waals surface area contributed by atoms with Crippen LogP contribution in [0.4, 0.5) is 4.39 Å². The number of hydrogen-bond donors (Lipinski definition) is 2. The van der Waals surface area contributed by atoms with E-state index in [1.807, 2.05) is 18.2 Å². The lowest BCUT2D eigenvalue weighted by Gasteiger charge is -2.47. The first-order chi connectivity index (χ1) is 12.7. The van der Waals surface area contributed by atoms with Gasteiger partial charge in [-0.05, 0) is 36.6 Å². The van der Waals surface area contributed by atoms with Crippen LogP contribution in [0, 0.1) is 5.82 Å². The molecule has 5 rings (SSSR count). The van der Waals surface area contributed by atoms with Gasteiger partial charge in [-0.25, -0.2) is 4.39 Å². The Hall–Kier alpha value is -2.06. The molecule has 4 atom stereocenters. The third-order valence-electron chi connectivity index (χ3n) is 5.42. The van der Waals surface area contributed by atoms with Crippen LogP contribution in [-0.4, -0.2) is 36.8 Å². The molecule has 7 heteroatoms. The molecule has 1 spiro atoms. The first kappa shape index (κ1) is 16.1. The Morgan fingerprint density at radius 1 is 1.19 bits per heavy atom. The van der Waals surface area contributed by atoms with Crippen LogP contribution in [0.3, 0.4) is 0 Å². The van der Waals surface area contributed by atoms with E-state index >= 15 is 0 Å². The zero-order chi connectivity index (χ0) is 17.7. The maximum Gasteiger partial charge on any atom is 0.161 e. The number of ether oxygens (including phenoxy) is 3. The van der Waals surface area contributed by atoms with E-state index in [0.717, 1.165) is 29.7 Å². The largest absolute Gasteiger partial charge is 0.487 e. The van der Waals surface area contributed by atoms with E-state index in [1.54, 1.807) is 6.20 Å². The molecule has 2 fully saturated rings. The van der Waals surface area contributed by atoms with Crippen molar-refractivity contribution < 1.29 is 18.6 Å². The summed E-state index contributed by atoms with van der Waals surface area (Å²) in [6.07, 6.45) is 3.94. The SMILES string of the molecule is NC1NC2(CO1)c1cc(-c3cncc(F)c3)ccc1O[C@H]1CCCO[C@@H]12. The average Bonchev–Trinajstić information content (AvgIpc) is 3.04. The molecule has 1 aromatic carbocycles. The van der Waals surface area contributed by atoms with Gasteiger partial charge in [0.2, 0.25) is 0 Å². The number of halogens is 1. The second-order valence-corrected chi connectivity index (χ2v) is 7.04. The maximum absolute atomic E-state index is 13.6. The number of fused-ring (bicyclic) bond motifs is 4. The molecular formula is C19H20FN3O3. The topological polar surface area (TPSA) is 78.6 Å². The molecular weight excluding hydrogens is 337 g/mol. The van der Waals surface area contributed by atoms with Crippen LogP contribution >= 0.6 is 0 Å². The van der Waals surface area contributed by atoms with Crippen LogP contribution in [0.1, 0.15) is 18.4 Å². The Balaban J connectivity index is 1.64. The Morgan fingerprint density at radius 3 is 2.92 bits per heavy atom. The van der Waals surface area contributed by atoms with Crippen molar-refractivity contribution in [3.63, 3.8) is 0 Å². The van der Waals surface area contributed by atoms with Crippen LogP contribution in [-0.2, 0) is 15.0 Å². The average molecular weight is 357 g/mol. The predicted octanol–water partition coefficient (Wildman–Crippen LogP) is 1.89. The van der Waals surface area contributed by atoms with Gasteiger partial charge in [-0.15, -0.1) is 0 Å². The molecule has 0 saturated carbocycles. The lowest BCUT2D eigenvalue weighted by atomic mass is 9.77. The predicted molar refractivity (Wildman–Crippen MR) is 91.8 cm³/mol. The lowest BCUT2D eigenvalue weighted by molar-refractivity contribution is -0.121. The molecule has 1 aromatic heterocycles. The molecule has 0 amide bonds. The molecule has 136 valence electrons. The minimum Gasteiger partial charge on any atom is -0.487 e. The highest BCUT2D eigenvalue weighted by Gasteiger charge is 2.55. The second kappa shape index (κ2) is 5.99. The van der Waals surface area contributed by atoms with E-state index in [1.165, 1.54) is 12.3 Å². The van der Waals surface area contributed by atoms with Crippen LogP contribution in [0.2, 0.25) is 0 Å². The lowest BCUT2D eigenvalue weighted by Crippen LogP contribution is -2.62. The number of benzene rings is 1. The molecule has 2 aromatic rings. The van der Waals surface area contributed by atoms with Crippen molar-refractivity contribution in [1.82, 2.24) is 10.3 Å². The highest BCUT2D eigenvalue weighted by Crippen LogP contribution is 2.46. The van der Waals surface area contributed by atoms with Crippen molar-refractivity contribution in [2.75, 3.05) is 13.2 Å². The number of aromatic nitrogens is 1. The van der Waals surface area contributed by atoms with Crippen LogP contribution in [0.5, 0.6) is 5.75 Å². The van der Waals surface area contributed by atoms with Crippen LogP contribution in [0.25, 0.3) is 11.1 Å². The number of rotatable bonds is 1. The van der Waals surface area contributed by atoms with Crippen molar-refractivity contribution in [2.45, 2.75) is 36.9 Å². The van der Waals surface area contributed by atoms with Crippen LogP contribution < -0.4 is 15.8 Å². The van der Waals surface area contributed by atoms with Gasteiger partial charge in [-0.2, -0.15) is 0 Å². The van der Waals surface area contributed by atoms with Crippen molar-refractivity contribution in [2.24, 2.45) is 5.73 Å². The van der Waals surface area contributed by atoms with Crippen molar-refractivity contribution >= 4 is 0 Å². The van der Waals surface area contributed by atoms with Gasteiger partial charge in [0.1, 0.15) is 29.3 Å². The molecule has 26 heavy (non-hydrogen) atoms. The molecule has 4 heterocycles. The molecule has 6 nitrogen and oxygen atoms in total. The fourth-order valence-electron chi connectivity index (χ4n) is 4.26. The summed E-state index contributed by atoms with van der Waals surface area (Å²) in [6, 6.07) is 7.31. The van der Waals surface area contributed by atoms with Gasteiger partial charge in [0.25, 0.3) is 0 Å². The van der Waals surface area contributed by atoms with E-state index in [4.69, 9.17) is 19.9 Å². The van der Waals surface area contributed by atoms with Gasteiger partial charge in [0.05, 0.1) is 12.8 Å². The van der Waals surface area contributed by atoms with Crippen molar-refractivity contribution in [1.29, 1.82) is 0 Å². The Bertz CT molecular complexity index is 849. The van der Waals surface area contributed by atoms with Crippen molar-refractivity contribution in [3.8, 4) is 16.9 Å². The number of nitrogens with two attached hydrogens (primary N) is 1. The molecule has 3 N–H and O–H groups in total. The van der Waals surface area contributed by atoms with Crippen LogP contribution in [0.15, 0.2) is 36.7 Å². The normalized spacial score (nSPS) is 32.8. The Morgan fingerprint density at radius 2 is 2.12 bits per heavy atom. The van der Waals surface area contributed by atoms with Gasteiger partial charge in [-0.1, -0.05) is 6.07 Å². The van der Waals surface area contributed by atoms with E-state index in [-0.39, 0.29) is 18.0 Å². The summed E-state index contributed by atoms with van der Waals surface area (Å²) in [4.78, 5) is 3.95. The van der Waals surface area contributed by atoms with E-state index in [0.29, 0.717) is 18.8 Å². The van der Waals surface area contributed by atoms with E-state index < -0.39 is 11.9 Å². The summed E-state index contributed by atoms with van der Waals surface area (Å²) in [5, 5.41) is 3.38. The van der Waals surface area contributed by atoms with Gasteiger partial charge >= 0.3 is 0 Å². The smallest absolute Gasteiger partial charge is 0.161 e. The fraction of sp³-hybridized carbons (Fsp3) is 0.421. The Labute approximate surface area is 150 Å². The monoisotopic (exact) mass is 357 g/mol. The highest BCUT2D eigenvalue weighted by molar-refractivity contribution is 5.66. The molecule has 0 bridgehead atoms. The molecule has 3 aliphatic rings. The van der Waals surface area contributed by atoms with Gasteiger partial charge in [0, 0.05) is 23.9 Å².